The monoisotopic (exact) mass is 370 g/mol. The average molecular weight is 370 g/mol. The van der Waals surface area contributed by atoms with E-state index in [1.165, 1.54) is 0 Å². The van der Waals surface area contributed by atoms with E-state index in [0.29, 0.717) is 17.0 Å². The first-order valence-corrected chi connectivity index (χ1v) is 8.93. The first kappa shape index (κ1) is 17.6. The van der Waals surface area contributed by atoms with Gasteiger partial charge in [-0.05, 0) is 24.3 Å². The van der Waals surface area contributed by atoms with E-state index < -0.39 is 0 Å². The zero-order valence-corrected chi connectivity index (χ0v) is 15.1. The van der Waals surface area contributed by atoms with Gasteiger partial charge in [-0.2, -0.15) is 0 Å². The summed E-state index contributed by atoms with van der Waals surface area (Å²) in [6, 6.07) is 20.1. The fourth-order valence-corrected chi connectivity index (χ4v) is 3.06. The van der Waals surface area contributed by atoms with Gasteiger partial charge in [-0.15, -0.1) is 0 Å². The van der Waals surface area contributed by atoms with Crippen LogP contribution in [0, 0.1) is 0 Å². The van der Waals surface area contributed by atoms with Crippen molar-refractivity contribution in [1.29, 1.82) is 0 Å². The van der Waals surface area contributed by atoms with Gasteiger partial charge in [0.1, 0.15) is 5.82 Å². The highest BCUT2D eigenvalue weighted by atomic mass is 16.1. The minimum Gasteiger partial charge on any atom is -0.345 e. The lowest BCUT2D eigenvalue weighted by atomic mass is 10.1. The molecular formula is C22H18N4O2. The van der Waals surface area contributed by atoms with Crippen LogP contribution in [0.25, 0.3) is 11.0 Å². The second kappa shape index (κ2) is 7.84. The number of nitrogens with zero attached hydrogens (tertiary/aromatic N) is 3. The highest BCUT2D eigenvalue weighted by Gasteiger charge is 2.15. The van der Waals surface area contributed by atoms with Crippen molar-refractivity contribution in [2.24, 2.45) is 0 Å². The Hall–Kier alpha value is -3.80. The molecule has 0 saturated heterocycles. The van der Waals surface area contributed by atoms with Crippen molar-refractivity contribution in [3.63, 3.8) is 0 Å². The fraction of sp³-hybridized carbons (Fsp3) is 0.0909. The van der Waals surface area contributed by atoms with Gasteiger partial charge in [0.05, 0.1) is 24.1 Å². The third-order valence-corrected chi connectivity index (χ3v) is 4.48. The molecule has 2 aromatic carbocycles. The summed E-state index contributed by atoms with van der Waals surface area (Å²) in [4.78, 5) is 33.6. The van der Waals surface area contributed by atoms with Crippen LogP contribution in [0.2, 0.25) is 0 Å². The van der Waals surface area contributed by atoms with E-state index in [1.807, 2.05) is 47.0 Å². The molecule has 0 aliphatic carbocycles. The van der Waals surface area contributed by atoms with Gasteiger partial charge in [0.2, 0.25) is 0 Å². The van der Waals surface area contributed by atoms with Crippen molar-refractivity contribution >= 4 is 22.7 Å². The molecule has 1 amide bonds. The van der Waals surface area contributed by atoms with Crippen molar-refractivity contribution in [3.05, 3.63) is 96.1 Å². The van der Waals surface area contributed by atoms with Crippen LogP contribution < -0.4 is 5.32 Å². The van der Waals surface area contributed by atoms with Crippen LogP contribution in [-0.2, 0) is 13.1 Å². The number of hydrogen-bond acceptors (Lipinski definition) is 4. The summed E-state index contributed by atoms with van der Waals surface area (Å²) in [5, 5.41) is 2.87. The molecule has 4 rings (SSSR count). The van der Waals surface area contributed by atoms with E-state index in [-0.39, 0.29) is 24.8 Å². The van der Waals surface area contributed by atoms with Crippen molar-refractivity contribution in [2.75, 3.05) is 0 Å². The maximum absolute atomic E-state index is 12.7. The molecule has 2 heterocycles. The van der Waals surface area contributed by atoms with Crippen LogP contribution in [0.3, 0.4) is 0 Å². The molecule has 6 heteroatoms. The minimum absolute atomic E-state index is 0.00883. The molecule has 0 aliphatic rings. The molecule has 0 radical (unpaired) electrons. The molecule has 6 nitrogen and oxygen atoms in total. The number of amides is 1. The minimum atomic E-state index is -0.213. The number of aromatic nitrogens is 3. The number of carbonyl (C=O) groups excluding carboxylic acids is 2. The van der Waals surface area contributed by atoms with Gasteiger partial charge in [0.25, 0.3) is 5.91 Å². The third-order valence-electron chi connectivity index (χ3n) is 4.48. The van der Waals surface area contributed by atoms with Crippen LogP contribution in [0.1, 0.15) is 26.5 Å². The molecule has 4 aromatic rings. The lowest BCUT2D eigenvalue weighted by Crippen LogP contribution is -2.25. The van der Waals surface area contributed by atoms with E-state index >= 15 is 0 Å². The summed E-state index contributed by atoms with van der Waals surface area (Å²) in [5.74, 6) is 0.411. The lowest BCUT2D eigenvalue weighted by molar-refractivity contribution is 0.0949. The van der Waals surface area contributed by atoms with Crippen LogP contribution in [0.4, 0.5) is 0 Å². The van der Waals surface area contributed by atoms with Crippen molar-refractivity contribution in [1.82, 2.24) is 19.9 Å². The van der Waals surface area contributed by atoms with Crippen molar-refractivity contribution < 1.29 is 9.59 Å². The first-order valence-electron chi connectivity index (χ1n) is 8.93. The molecule has 0 spiro atoms. The number of para-hydroxylation sites is 2. The number of nitrogens with one attached hydrogen (secondary N) is 1. The molecule has 1 N–H and O–H groups in total. The number of pyridine rings is 1. The summed E-state index contributed by atoms with van der Waals surface area (Å²) < 4.78 is 1.86. The summed E-state index contributed by atoms with van der Waals surface area (Å²) >= 11 is 0. The number of fused-ring (bicyclic) bond motifs is 1. The van der Waals surface area contributed by atoms with Gasteiger partial charge in [0.15, 0.2) is 5.78 Å². The molecule has 0 bridgehead atoms. The number of hydrogen-bond donors (Lipinski definition) is 1. The predicted octanol–water partition coefficient (Wildman–Crippen LogP) is 3.24. The Kier molecular flexibility index (Phi) is 4.93. The van der Waals surface area contributed by atoms with E-state index in [4.69, 9.17) is 0 Å². The average Bonchev–Trinajstić information content (AvgIpc) is 3.10. The van der Waals surface area contributed by atoms with E-state index in [2.05, 4.69) is 15.3 Å². The number of Topliss-reactive ketones (excluding diaryl/α,β-unsaturated/α-hetero) is 1. The van der Waals surface area contributed by atoms with Crippen LogP contribution in [0.5, 0.6) is 0 Å². The molecule has 0 aliphatic heterocycles. The zero-order chi connectivity index (χ0) is 19.3. The summed E-state index contributed by atoms with van der Waals surface area (Å²) in [6.45, 7) is 0.378. The molecule has 138 valence electrons. The molecule has 0 fully saturated rings. The third kappa shape index (κ3) is 3.66. The summed E-state index contributed by atoms with van der Waals surface area (Å²) in [5.41, 5.74) is 2.82. The van der Waals surface area contributed by atoms with Gasteiger partial charge in [-0.3, -0.25) is 14.6 Å². The van der Waals surface area contributed by atoms with Gasteiger partial charge in [-0.25, -0.2) is 4.98 Å². The lowest BCUT2D eigenvalue weighted by Gasteiger charge is -2.10. The molecular weight excluding hydrogens is 352 g/mol. The highest BCUT2D eigenvalue weighted by molar-refractivity contribution is 5.97. The predicted molar refractivity (Wildman–Crippen MR) is 106 cm³/mol. The maximum atomic E-state index is 12.7. The van der Waals surface area contributed by atoms with Crippen molar-refractivity contribution in [2.45, 2.75) is 13.1 Å². The Bertz CT molecular complexity index is 1120. The second-order valence-corrected chi connectivity index (χ2v) is 6.31. The van der Waals surface area contributed by atoms with E-state index in [0.717, 1.165) is 11.0 Å². The Morgan fingerprint density at radius 3 is 2.36 bits per heavy atom. The standard InChI is InChI=1S/C22H18N4O2/c27-20(16-6-2-1-3-7-16)15-26-19-9-5-4-8-18(19)25-21(26)14-24-22(28)17-10-12-23-13-11-17/h1-13H,14-15H2,(H,24,28). The normalized spacial score (nSPS) is 10.7. The highest BCUT2D eigenvalue weighted by Crippen LogP contribution is 2.17. The van der Waals surface area contributed by atoms with E-state index in [9.17, 15) is 9.59 Å². The molecule has 2 aromatic heterocycles. The Morgan fingerprint density at radius 1 is 0.857 bits per heavy atom. The number of rotatable bonds is 6. The largest absolute Gasteiger partial charge is 0.345 e. The fourth-order valence-electron chi connectivity index (χ4n) is 3.06. The quantitative estimate of drug-likeness (QED) is 0.529. The van der Waals surface area contributed by atoms with Crippen LogP contribution in [0.15, 0.2) is 79.1 Å². The van der Waals surface area contributed by atoms with Gasteiger partial charge in [0, 0.05) is 23.5 Å². The van der Waals surface area contributed by atoms with Crippen LogP contribution >= 0.6 is 0 Å². The van der Waals surface area contributed by atoms with Crippen LogP contribution in [-0.4, -0.2) is 26.2 Å². The number of imidazole rings is 1. The zero-order valence-electron chi connectivity index (χ0n) is 15.1. The molecule has 0 unspecified atom stereocenters. The first-order chi connectivity index (χ1) is 13.7. The molecule has 28 heavy (non-hydrogen) atoms. The number of benzene rings is 2. The topological polar surface area (TPSA) is 76.9 Å². The smallest absolute Gasteiger partial charge is 0.251 e. The summed E-state index contributed by atoms with van der Waals surface area (Å²) in [6.07, 6.45) is 3.14. The maximum Gasteiger partial charge on any atom is 0.251 e. The summed E-state index contributed by atoms with van der Waals surface area (Å²) in [7, 11) is 0. The van der Waals surface area contributed by atoms with E-state index in [1.54, 1.807) is 36.7 Å². The molecule has 0 atom stereocenters. The second-order valence-electron chi connectivity index (χ2n) is 6.31. The van der Waals surface area contributed by atoms with Gasteiger partial charge >= 0.3 is 0 Å². The van der Waals surface area contributed by atoms with Gasteiger partial charge in [-0.1, -0.05) is 42.5 Å². The number of carbonyl (C=O) groups is 2. The molecule has 0 saturated carbocycles. The Balaban J connectivity index is 1.60. The Labute approximate surface area is 161 Å². The van der Waals surface area contributed by atoms with Crippen molar-refractivity contribution in [3.8, 4) is 0 Å². The number of ketones is 1. The Morgan fingerprint density at radius 2 is 1.57 bits per heavy atom. The van der Waals surface area contributed by atoms with Gasteiger partial charge < -0.3 is 9.88 Å². The SMILES string of the molecule is O=C(Cn1c(CNC(=O)c2ccncc2)nc2ccccc21)c1ccccc1.